The molecule has 0 aliphatic carbocycles. The lowest BCUT2D eigenvalue weighted by molar-refractivity contribution is -0.114. The van der Waals surface area contributed by atoms with Crippen molar-refractivity contribution in [3.05, 3.63) is 24.3 Å². The molecule has 1 aliphatic heterocycles. The van der Waals surface area contributed by atoms with Crippen LogP contribution >= 0.6 is 24.0 Å². The highest BCUT2D eigenvalue weighted by Gasteiger charge is 2.18. The molecule has 0 aromatic heterocycles. The van der Waals surface area contributed by atoms with Gasteiger partial charge in [0, 0.05) is 51.3 Å². The number of rotatable bonds is 8. The second-order valence-electron chi connectivity index (χ2n) is 6.40. The van der Waals surface area contributed by atoms with Gasteiger partial charge in [0.2, 0.25) is 5.91 Å². The molecule has 0 bridgehead atoms. The second kappa shape index (κ2) is 12.8. The standard InChI is InChI=1S/C19H30N4O3.HI/c1-4-20-19(23(3)13-16-8-10-25-14-16)21-9-11-26-18-7-5-6-17(12-18)22-15(2)24;/h5-7,12,16H,4,8-11,13-14H2,1-3H3,(H,20,21)(H,22,24);1H. The number of nitrogens with one attached hydrogen (secondary N) is 2. The fourth-order valence-corrected chi connectivity index (χ4v) is 2.85. The Kier molecular flexibility index (Phi) is 11.1. The van der Waals surface area contributed by atoms with E-state index in [-0.39, 0.29) is 29.9 Å². The first-order valence-electron chi connectivity index (χ1n) is 9.16. The zero-order valence-electron chi connectivity index (χ0n) is 16.4. The van der Waals surface area contributed by atoms with Crippen LogP contribution in [0.15, 0.2) is 29.3 Å². The number of carbonyl (C=O) groups excluding carboxylic acids is 1. The Balaban J connectivity index is 0.00000364. The van der Waals surface area contributed by atoms with Gasteiger partial charge in [-0.3, -0.25) is 4.79 Å². The van der Waals surface area contributed by atoms with Gasteiger partial charge < -0.3 is 25.0 Å². The van der Waals surface area contributed by atoms with Crippen molar-refractivity contribution in [3.63, 3.8) is 0 Å². The van der Waals surface area contributed by atoms with Gasteiger partial charge in [0.1, 0.15) is 12.4 Å². The summed E-state index contributed by atoms with van der Waals surface area (Å²) in [5.74, 6) is 2.07. The van der Waals surface area contributed by atoms with E-state index in [9.17, 15) is 4.79 Å². The molecular weight excluding hydrogens is 459 g/mol. The van der Waals surface area contributed by atoms with Crippen LogP contribution in [0.2, 0.25) is 0 Å². The minimum atomic E-state index is -0.0993. The van der Waals surface area contributed by atoms with E-state index in [2.05, 4.69) is 34.5 Å². The number of hydrogen-bond acceptors (Lipinski definition) is 4. The maximum Gasteiger partial charge on any atom is 0.221 e. The molecule has 0 saturated carbocycles. The van der Waals surface area contributed by atoms with Crippen molar-refractivity contribution < 1.29 is 14.3 Å². The van der Waals surface area contributed by atoms with Gasteiger partial charge in [-0.15, -0.1) is 24.0 Å². The van der Waals surface area contributed by atoms with Gasteiger partial charge in [-0.25, -0.2) is 4.99 Å². The third-order valence-electron chi connectivity index (χ3n) is 4.03. The highest BCUT2D eigenvalue weighted by molar-refractivity contribution is 14.0. The lowest BCUT2D eigenvalue weighted by Crippen LogP contribution is -2.41. The molecule has 1 unspecified atom stereocenters. The second-order valence-corrected chi connectivity index (χ2v) is 6.40. The third-order valence-corrected chi connectivity index (χ3v) is 4.03. The summed E-state index contributed by atoms with van der Waals surface area (Å²) < 4.78 is 11.2. The fraction of sp³-hybridized carbons (Fsp3) is 0.579. The summed E-state index contributed by atoms with van der Waals surface area (Å²) in [7, 11) is 2.05. The average molecular weight is 490 g/mol. The van der Waals surface area contributed by atoms with E-state index < -0.39 is 0 Å². The number of carbonyl (C=O) groups is 1. The predicted octanol–water partition coefficient (Wildman–Crippen LogP) is 2.58. The predicted molar refractivity (Wildman–Crippen MR) is 119 cm³/mol. The van der Waals surface area contributed by atoms with Gasteiger partial charge in [-0.2, -0.15) is 0 Å². The largest absolute Gasteiger partial charge is 0.492 e. The molecule has 7 nitrogen and oxygen atoms in total. The Labute approximate surface area is 178 Å². The van der Waals surface area contributed by atoms with Gasteiger partial charge in [0.25, 0.3) is 0 Å². The molecule has 0 spiro atoms. The van der Waals surface area contributed by atoms with E-state index in [4.69, 9.17) is 9.47 Å². The van der Waals surface area contributed by atoms with Gasteiger partial charge in [-0.05, 0) is 25.5 Å². The number of nitrogens with zero attached hydrogens (tertiary/aromatic N) is 2. The number of halogens is 1. The molecular formula is C19H31IN4O3. The minimum absolute atomic E-state index is 0. The van der Waals surface area contributed by atoms with Crippen LogP contribution in [0.3, 0.4) is 0 Å². The topological polar surface area (TPSA) is 75.2 Å². The number of anilines is 1. The monoisotopic (exact) mass is 490 g/mol. The first kappa shape index (κ1) is 23.5. The van der Waals surface area contributed by atoms with Crippen molar-refractivity contribution in [2.75, 3.05) is 51.8 Å². The molecule has 2 rings (SSSR count). The van der Waals surface area contributed by atoms with Crippen LogP contribution in [-0.2, 0) is 9.53 Å². The van der Waals surface area contributed by atoms with Crippen molar-refractivity contribution in [3.8, 4) is 5.75 Å². The van der Waals surface area contributed by atoms with Gasteiger partial charge in [0.15, 0.2) is 5.96 Å². The molecule has 1 heterocycles. The lowest BCUT2D eigenvalue weighted by atomic mass is 10.1. The number of ether oxygens (including phenoxy) is 2. The van der Waals surface area contributed by atoms with Crippen molar-refractivity contribution in [2.24, 2.45) is 10.9 Å². The van der Waals surface area contributed by atoms with E-state index in [0.29, 0.717) is 24.8 Å². The number of aliphatic imine (C=N–C) groups is 1. The first-order valence-corrected chi connectivity index (χ1v) is 9.16. The van der Waals surface area contributed by atoms with E-state index >= 15 is 0 Å². The summed E-state index contributed by atoms with van der Waals surface area (Å²) in [6, 6.07) is 7.36. The Morgan fingerprint density at radius 3 is 2.93 bits per heavy atom. The van der Waals surface area contributed by atoms with Crippen molar-refractivity contribution in [2.45, 2.75) is 20.3 Å². The lowest BCUT2D eigenvalue weighted by Gasteiger charge is -2.24. The molecule has 0 radical (unpaired) electrons. The van der Waals surface area contributed by atoms with Crippen LogP contribution in [0.5, 0.6) is 5.75 Å². The van der Waals surface area contributed by atoms with Crippen LogP contribution in [0.25, 0.3) is 0 Å². The summed E-state index contributed by atoms with van der Waals surface area (Å²) in [6.45, 7) is 8.02. The molecule has 27 heavy (non-hydrogen) atoms. The summed E-state index contributed by atoms with van der Waals surface area (Å²) in [6.07, 6.45) is 1.11. The summed E-state index contributed by atoms with van der Waals surface area (Å²) in [5, 5.41) is 6.06. The molecule has 1 aromatic rings. The number of hydrogen-bond donors (Lipinski definition) is 2. The molecule has 1 aromatic carbocycles. The zero-order valence-corrected chi connectivity index (χ0v) is 18.7. The maximum atomic E-state index is 11.1. The Morgan fingerprint density at radius 2 is 2.26 bits per heavy atom. The fourth-order valence-electron chi connectivity index (χ4n) is 2.85. The average Bonchev–Trinajstić information content (AvgIpc) is 3.10. The minimum Gasteiger partial charge on any atom is -0.492 e. The van der Waals surface area contributed by atoms with Crippen LogP contribution < -0.4 is 15.4 Å². The van der Waals surface area contributed by atoms with E-state index in [0.717, 1.165) is 44.4 Å². The van der Waals surface area contributed by atoms with Crippen LogP contribution in [0.1, 0.15) is 20.3 Å². The molecule has 1 aliphatic rings. The van der Waals surface area contributed by atoms with Crippen molar-refractivity contribution >= 4 is 41.5 Å². The Hall–Kier alpha value is -1.55. The normalized spacial score (nSPS) is 16.4. The maximum absolute atomic E-state index is 11.1. The molecule has 1 fully saturated rings. The van der Waals surface area contributed by atoms with E-state index in [1.54, 1.807) is 0 Å². The summed E-state index contributed by atoms with van der Waals surface area (Å²) in [4.78, 5) is 17.9. The quantitative estimate of drug-likeness (QED) is 0.254. The van der Waals surface area contributed by atoms with E-state index in [1.807, 2.05) is 24.3 Å². The smallest absolute Gasteiger partial charge is 0.221 e. The zero-order chi connectivity index (χ0) is 18.8. The molecule has 1 atom stereocenters. The number of benzene rings is 1. The van der Waals surface area contributed by atoms with Gasteiger partial charge >= 0.3 is 0 Å². The van der Waals surface area contributed by atoms with Gasteiger partial charge in [-0.1, -0.05) is 6.07 Å². The third kappa shape index (κ3) is 8.79. The van der Waals surface area contributed by atoms with Crippen LogP contribution in [0, 0.1) is 5.92 Å². The highest BCUT2D eigenvalue weighted by Crippen LogP contribution is 2.17. The molecule has 152 valence electrons. The van der Waals surface area contributed by atoms with Crippen molar-refractivity contribution in [1.29, 1.82) is 0 Å². The van der Waals surface area contributed by atoms with Crippen LogP contribution in [0.4, 0.5) is 5.69 Å². The Bertz CT molecular complexity index is 606. The van der Waals surface area contributed by atoms with Gasteiger partial charge in [0.05, 0.1) is 13.2 Å². The van der Waals surface area contributed by atoms with Crippen LogP contribution in [-0.4, -0.2) is 63.3 Å². The molecule has 2 N–H and O–H groups in total. The SMILES string of the molecule is CCNC(=NCCOc1cccc(NC(C)=O)c1)N(C)CC1CCOC1.I. The number of amides is 1. The number of guanidine groups is 1. The van der Waals surface area contributed by atoms with Crippen molar-refractivity contribution in [1.82, 2.24) is 10.2 Å². The first-order chi connectivity index (χ1) is 12.6. The molecule has 8 heteroatoms. The summed E-state index contributed by atoms with van der Waals surface area (Å²) in [5.41, 5.74) is 0.727. The molecule has 1 saturated heterocycles. The molecule has 1 amide bonds. The Morgan fingerprint density at radius 1 is 1.44 bits per heavy atom. The highest BCUT2D eigenvalue weighted by atomic mass is 127. The summed E-state index contributed by atoms with van der Waals surface area (Å²) >= 11 is 0. The van der Waals surface area contributed by atoms with E-state index in [1.165, 1.54) is 6.92 Å².